The number of carboxylic acids is 1. The lowest BCUT2D eigenvalue weighted by Gasteiger charge is -1.97. The van der Waals surface area contributed by atoms with Crippen LogP contribution in [0.25, 0.3) is 5.57 Å². The molecule has 0 aromatic heterocycles. The fraction of sp³-hybridized carbons (Fsp3) is 0. The van der Waals surface area contributed by atoms with Gasteiger partial charge in [-0.25, -0.2) is 4.79 Å². The summed E-state index contributed by atoms with van der Waals surface area (Å²) in [5, 5.41) is 26.1. The fourth-order valence-electron chi connectivity index (χ4n) is 0.945. The third-order valence-electron chi connectivity index (χ3n) is 1.57. The van der Waals surface area contributed by atoms with Gasteiger partial charge in [-0.05, 0) is 29.8 Å². The number of rotatable bonds is 2. The van der Waals surface area contributed by atoms with Crippen molar-refractivity contribution in [2.75, 3.05) is 0 Å². The molecule has 0 fully saturated rings. The summed E-state index contributed by atoms with van der Waals surface area (Å²) in [5.41, 5.74) is 0.519. The zero-order chi connectivity index (χ0) is 10.6. The molecule has 0 saturated heterocycles. The standard InChI is InChI=1S/C10H7NO3/c11-6-8(5-10(13)14)7-1-3-9(12)4-2-7/h1-5,12H,(H,13,14)/b8-5-. The molecule has 0 radical (unpaired) electrons. The van der Waals surface area contributed by atoms with E-state index >= 15 is 0 Å². The van der Waals surface area contributed by atoms with E-state index in [1.807, 2.05) is 0 Å². The Balaban J connectivity index is 3.09. The Morgan fingerprint density at radius 2 is 1.93 bits per heavy atom. The van der Waals surface area contributed by atoms with Crippen molar-refractivity contribution in [2.24, 2.45) is 0 Å². The minimum Gasteiger partial charge on any atom is -0.508 e. The number of carboxylic acid groups (broad SMARTS) is 1. The number of nitrogens with zero attached hydrogens (tertiary/aromatic N) is 1. The van der Waals surface area contributed by atoms with Crippen molar-refractivity contribution in [1.82, 2.24) is 0 Å². The molecule has 14 heavy (non-hydrogen) atoms. The Morgan fingerprint density at radius 1 is 1.36 bits per heavy atom. The molecule has 0 atom stereocenters. The maximum Gasteiger partial charge on any atom is 0.329 e. The van der Waals surface area contributed by atoms with Crippen LogP contribution in [0.15, 0.2) is 30.3 Å². The number of allylic oxidation sites excluding steroid dienone is 1. The van der Waals surface area contributed by atoms with Crippen LogP contribution in [0.4, 0.5) is 0 Å². The molecule has 0 heterocycles. The summed E-state index contributed by atoms with van der Waals surface area (Å²) >= 11 is 0. The summed E-state index contributed by atoms with van der Waals surface area (Å²) in [6, 6.07) is 7.51. The molecule has 0 aliphatic carbocycles. The minimum atomic E-state index is -1.17. The van der Waals surface area contributed by atoms with Crippen molar-refractivity contribution in [3.05, 3.63) is 35.9 Å². The Bertz CT molecular complexity index is 412. The molecule has 4 nitrogen and oxygen atoms in total. The van der Waals surface area contributed by atoms with Crippen LogP contribution in [0, 0.1) is 11.3 Å². The number of hydrogen-bond acceptors (Lipinski definition) is 3. The highest BCUT2D eigenvalue weighted by Gasteiger charge is 2.02. The largest absolute Gasteiger partial charge is 0.508 e. The van der Waals surface area contributed by atoms with E-state index < -0.39 is 5.97 Å². The Hall–Kier alpha value is -2.28. The number of nitriles is 1. The lowest BCUT2D eigenvalue weighted by atomic mass is 10.1. The molecule has 4 heteroatoms. The van der Waals surface area contributed by atoms with Gasteiger partial charge in [0.05, 0.1) is 5.57 Å². The monoisotopic (exact) mass is 189 g/mol. The maximum atomic E-state index is 10.3. The summed E-state index contributed by atoms with van der Waals surface area (Å²) in [5.74, 6) is -1.10. The van der Waals surface area contributed by atoms with Crippen LogP contribution in [-0.2, 0) is 4.79 Å². The van der Waals surface area contributed by atoms with Gasteiger partial charge in [0, 0.05) is 6.08 Å². The SMILES string of the molecule is N#C/C(=C/C(=O)O)c1ccc(O)cc1. The number of phenolic OH excluding ortho intramolecular Hbond substituents is 1. The molecule has 0 amide bonds. The van der Waals surface area contributed by atoms with E-state index in [-0.39, 0.29) is 11.3 Å². The minimum absolute atomic E-state index is 0.0532. The van der Waals surface area contributed by atoms with Crippen LogP contribution < -0.4 is 0 Å². The molecular weight excluding hydrogens is 182 g/mol. The third kappa shape index (κ3) is 2.35. The van der Waals surface area contributed by atoms with Crippen LogP contribution in [0.5, 0.6) is 5.75 Å². The molecule has 0 aliphatic rings. The van der Waals surface area contributed by atoms with Crippen molar-refractivity contribution in [1.29, 1.82) is 5.26 Å². The second kappa shape index (κ2) is 4.10. The summed E-state index contributed by atoms with van der Waals surface area (Å²) in [4.78, 5) is 10.3. The first kappa shape index (κ1) is 9.81. The van der Waals surface area contributed by atoms with Crippen molar-refractivity contribution in [3.63, 3.8) is 0 Å². The topological polar surface area (TPSA) is 81.3 Å². The first-order chi connectivity index (χ1) is 6.63. The van der Waals surface area contributed by atoms with Gasteiger partial charge in [-0.3, -0.25) is 0 Å². The van der Waals surface area contributed by atoms with E-state index in [1.54, 1.807) is 6.07 Å². The van der Waals surface area contributed by atoms with Crippen molar-refractivity contribution < 1.29 is 15.0 Å². The lowest BCUT2D eigenvalue weighted by Crippen LogP contribution is -1.90. The number of carbonyl (C=O) groups is 1. The molecule has 0 aliphatic heterocycles. The van der Waals surface area contributed by atoms with Crippen molar-refractivity contribution in [2.45, 2.75) is 0 Å². The van der Waals surface area contributed by atoms with Gasteiger partial charge < -0.3 is 10.2 Å². The van der Waals surface area contributed by atoms with Gasteiger partial charge in [0.15, 0.2) is 0 Å². The van der Waals surface area contributed by atoms with E-state index in [1.165, 1.54) is 24.3 Å². The summed E-state index contributed by atoms with van der Waals surface area (Å²) < 4.78 is 0. The molecule has 2 N–H and O–H groups in total. The Morgan fingerprint density at radius 3 is 2.36 bits per heavy atom. The van der Waals surface area contributed by atoms with E-state index in [0.29, 0.717) is 5.56 Å². The van der Waals surface area contributed by atoms with Crippen LogP contribution in [0.3, 0.4) is 0 Å². The molecule has 0 saturated carbocycles. The maximum absolute atomic E-state index is 10.3. The van der Waals surface area contributed by atoms with Crippen LogP contribution >= 0.6 is 0 Å². The first-order valence-corrected chi connectivity index (χ1v) is 3.77. The average Bonchev–Trinajstić information content (AvgIpc) is 2.15. The van der Waals surface area contributed by atoms with Gasteiger partial charge in [0.2, 0.25) is 0 Å². The molecule has 1 aromatic rings. The summed E-state index contributed by atoms with van der Waals surface area (Å²) in [6.45, 7) is 0. The highest BCUT2D eigenvalue weighted by molar-refractivity contribution is 5.94. The van der Waals surface area contributed by atoms with Crippen LogP contribution in [-0.4, -0.2) is 16.2 Å². The van der Waals surface area contributed by atoms with Gasteiger partial charge in [-0.2, -0.15) is 5.26 Å². The number of phenols is 1. The van der Waals surface area contributed by atoms with E-state index in [9.17, 15) is 4.79 Å². The smallest absolute Gasteiger partial charge is 0.329 e. The molecular formula is C10H7NO3. The molecule has 0 spiro atoms. The van der Waals surface area contributed by atoms with Gasteiger partial charge in [-0.1, -0.05) is 0 Å². The summed E-state index contributed by atoms with van der Waals surface area (Å²) in [6.07, 6.45) is 0.826. The highest BCUT2D eigenvalue weighted by Crippen LogP contribution is 2.16. The number of benzene rings is 1. The Labute approximate surface area is 80.3 Å². The normalized spacial score (nSPS) is 10.6. The van der Waals surface area contributed by atoms with Gasteiger partial charge in [-0.15, -0.1) is 0 Å². The molecule has 1 aromatic carbocycles. The molecule has 70 valence electrons. The average molecular weight is 189 g/mol. The Kier molecular flexibility index (Phi) is 2.87. The van der Waals surface area contributed by atoms with Crippen molar-refractivity contribution >= 4 is 11.5 Å². The van der Waals surface area contributed by atoms with Crippen molar-refractivity contribution in [3.8, 4) is 11.8 Å². The quantitative estimate of drug-likeness (QED) is 0.544. The van der Waals surface area contributed by atoms with Crippen LogP contribution in [0.2, 0.25) is 0 Å². The second-order valence-corrected chi connectivity index (χ2v) is 2.55. The summed E-state index contributed by atoms with van der Waals surface area (Å²) in [7, 11) is 0. The zero-order valence-electron chi connectivity index (χ0n) is 7.14. The highest BCUT2D eigenvalue weighted by atomic mass is 16.4. The predicted molar refractivity (Wildman–Crippen MR) is 49.3 cm³/mol. The van der Waals surface area contributed by atoms with E-state index in [4.69, 9.17) is 15.5 Å². The van der Waals surface area contributed by atoms with Gasteiger partial charge in [0.25, 0.3) is 0 Å². The molecule has 0 bridgehead atoms. The third-order valence-corrected chi connectivity index (χ3v) is 1.57. The van der Waals surface area contributed by atoms with E-state index in [2.05, 4.69) is 0 Å². The van der Waals surface area contributed by atoms with Crippen LogP contribution in [0.1, 0.15) is 5.56 Å². The fourth-order valence-corrected chi connectivity index (χ4v) is 0.945. The van der Waals surface area contributed by atoms with Gasteiger partial charge in [0.1, 0.15) is 11.8 Å². The predicted octanol–water partition coefficient (Wildman–Crippen LogP) is 1.38. The molecule has 0 unspecified atom stereocenters. The second-order valence-electron chi connectivity index (χ2n) is 2.55. The molecule has 1 rings (SSSR count). The first-order valence-electron chi connectivity index (χ1n) is 3.77. The zero-order valence-corrected chi connectivity index (χ0v) is 7.14. The number of aliphatic carboxylic acids is 1. The van der Waals surface area contributed by atoms with E-state index in [0.717, 1.165) is 6.08 Å². The number of aromatic hydroxyl groups is 1. The number of hydrogen-bond donors (Lipinski definition) is 2. The lowest BCUT2D eigenvalue weighted by molar-refractivity contribution is -0.131. The van der Waals surface area contributed by atoms with Gasteiger partial charge >= 0.3 is 5.97 Å².